The molecule has 1 aromatic rings. The van der Waals surface area contributed by atoms with Gasteiger partial charge in [0.25, 0.3) is 0 Å². The highest BCUT2D eigenvalue weighted by Gasteiger charge is 2.11. The number of hydrogen-bond acceptors (Lipinski definition) is 2. The van der Waals surface area contributed by atoms with Crippen LogP contribution in [-0.2, 0) is 6.42 Å². The van der Waals surface area contributed by atoms with Gasteiger partial charge in [-0.15, -0.1) is 0 Å². The predicted molar refractivity (Wildman–Crippen MR) is 81.4 cm³/mol. The zero-order valence-electron chi connectivity index (χ0n) is 11.7. The van der Waals surface area contributed by atoms with Crippen LogP contribution in [-0.4, -0.2) is 11.6 Å². The molecule has 2 nitrogen and oxygen atoms in total. The predicted octanol–water partition coefficient (Wildman–Crippen LogP) is 3.56. The first-order valence-electron chi connectivity index (χ1n) is 6.45. The first kappa shape index (κ1) is 15.0. The van der Waals surface area contributed by atoms with Gasteiger partial charge in [-0.25, -0.2) is 0 Å². The van der Waals surface area contributed by atoms with Crippen molar-refractivity contribution in [1.82, 2.24) is 0 Å². The molecule has 0 saturated heterocycles. The number of benzene rings is 1. The molecule has 0 amide bonds. The second-order valence-electron chi connectivity index (χ2n) is 4.95. The van der Waals surface area contributed by atoms with E-state index in [0.29, 0.717) is 17.5 Å². The van der Waals surface area contributed by atoms with Gasteiger partial charge in [0.2, 0.25) is 0 Å². The maximum absolute atomic E-state index is 5.60. The number of aryl methyl sites for hydroxylation is 2. The Labute approximate surface area is 116 Å². The van der Waals surface area contributed by atoms with Gasteiger partial charge >= 0.3 is 0 Å². The molecular formula is C15H23NOS. The third kappa shape index (κ3) is 4.30. The van der Waals surface area contributed by atoms with Crippen LogP contribution in [0.4, 0.5) is 0 Å². The normalized spacial score (nSPS) is 12.2. The Bertz CT molecular complexity index is 405. The van der Waals surface area contributed by atoms with E-state index in [1.54, 1.807) is 0 Å². The standard InChI is InChI=1S/C15H23NOS/c1-5-17-13-8-11(3)14(12(4)9-13)6-10(2)7-15(16)18/h8-10H,5-7H2,1-4H3,(H2,16,18). The lowest BCUT2D eigenvalue weighted by atomic mass is 9.91. The molecule has 3 heteroatoms. The topological polar surface area (TPSA) is 35.2 Å². The van der Waals surface area contributed by atoms with Crippen LogP contribution in [0.3, 0.4) is 0 Å². The molecule has 18 heavy (non-hydrogen) atoms. The highest BCUT2D eigenvalue weighted by Crippen LogP contribution is 2.25. The zero-order chi connectivity index (χ0) is 13.7. The fourth-order valence-corrected chi connectivity index (χ4v) is 2.57. The molecule has 0 aromatic heterocycles. The van der Waals surface area contributed by atoms with Gasteiger partial charge in [0, 0.05) is 6.42 Å². The van der Waals surface area contributed by atoms with Crippen LogP contribution in [0.25, 0.3) is 0 Å². The van der Waals surface area contributed by atoms with Crippen LogP contribution in [0, 0.1) is 19.8 Å². The molecule has 0 fully saturated rings. The Morgan fingerprint density at radius 2 is 1.89 bits per heavy atom. The number of ether oxygens (including phenoxy) is 1. The van der Waals surface area contributed by atoms with Crippen molar-refractivity contribution in [2.45, 2.75) is 40.5 Å². The Kier molecular flexibility index (Phi) is 5.60. The molecule has 0 aliphatic rings. The zero-order valence-corrected chi connectivity index (χ0v) is 12.6. The summed E-state index contributed by atoms with van der Waals surface area (Å²) in [5, 5.41) is 0. The van der Waals surface area contributed by atoms with E-state index in [4.69, 9.17) is 22.7 Å². The van der Waals surface area contributed by atoms with E-state index in [1.165, 1.54) is 16.7 Å². The summed E-state index contributed by atoms with van der Waals surface area (Å²) in [5.74, 6) is 1.44. The first-order valence-corrected chi connectivity index (χ1v) is 6.86. The van der Waals surface area contributed by atoms with Gasteiger partial charge in [-0.1, -0.05) is 19.1 Å². The van der Waals surface area contributed by atoms with E-state index < -0.39 is 0 Å². The number of rotatable bonds is 6. The summed E-state index contributed by atoms with van der Waals surface area (Å²) in [6, 6.07) is 4.22. The van der Waals surface area contributed by atoms with Gasteiger partial charge < -0.3 is 10.5 Å². The number of hydrogen-bond donors (Lipinski definition) is 1. The van der Waals surface area contributed by atoms with E-state index in [-0.39, 0.29) is 0 Å². The first-order chi connectivity index (χ1) is 8.43. The van der Waals surface area contributed by atoms with Crippen LogP contribution in [0.5, 0.6) is 5.75 Å². The quantitative estimate of drug-likeness (QED) is 0.799. The molecule has 0 spiro atoms. The molecule has 1 rings (SSSR count). The minimum absolute atomic E-state index is 0.484. The van der Waals surface area contributed by atoms with Gasteiger partial charge in [0.15, 0.2) is 0 Å². The van der Waals surface area contributed by atoms with Crippen molar-refractivity contribution in [1.29, 1.82) is 0 Å². The minimum atomic E-state index is 0.484. The van der Waals surface area contributed by atoms with Crippen molar-refractivity contribution in [3.8, 4) is 5.75 Å². The molecule has 2 N–H and O–H groups in total. The molecule has 0 heterocycles. The molecule has 1 aromatic carbocycles. The minimum Gasteiger partial charge on any atom is -0.494 e. The van der Waals surface area contributed by atoms with Crippen LogP contribution < -0.4 is 10.5 Å². The van der Waals surface area contributed by atoms with Gasteiger partial charge in [0.05, 0.1) is 11.6 Å². The molecule has 100 valence electrons. The van der Waals surface area contributed by atoms with E-state index in [9.17, 15) is 0 Å². The van der Waals surface area contributed by atoms with Crippen molar-refractivity contribution < 1.29 is 4.74 Å². The Balaban J connectivity index is 2.86. The van der Waals surface area contributed by atoms with E-state index in [2.05, 4.69) is 32.9 Å². The summed E-state index contributed by atoms with van der Waals surface area (Å²) in [6.07, 6.45) is 1.82. The fourth-order valence-electron chi connectivity index (χ4n) is 2.29. The maximum atomic E-state index is 5.60. The van der Waals surface area contributed by atoms with E-state index >= 15 is 0 Å². The lowest BCUT2D eigenvalue weighted by molar-refractivity contribution is 0.339. The van der Waals surface area contributed by atoms with Crippen molar-refractivity contribution in [2.24, 2.45) is 11.7 Å². The number of nitrogens with two attached hydrogens (primary N) is 1. The second kappa shape index (κ2) is 6.74. The maximum Gasteiger partial charge on any atom is 0.119 e. The fraction of sp³-hybridized carbons (Fsp3) is 0.533. The van der Waals surface area contributed by atoms with E-state index in [0.717, 1.165) is 18.6 Å². The molecular weight excluding hydrogens is 242 g/mol. The Morgan fingerprint density at radius 1 is 1.33 bits per heavy atom. The van der Waals surface area contributed by atoms with Crippen molar-refractivity contribution in [3.63, 3.8) is 0 Å². The molecule has 1 atom stereocenters. The Hall–Kier alpha value is -1.09. The third-order valence-electron chi connectivity index (χ3n) is 3.08. The summed E-state index contributed by atoms with van der Waals surface area (Å²) in [7, 11) is 0. The summed E-state index contributed by atoms with van der Waals surface area (Å²) in [4.78, 5) is 0.601. The van der Waals surface area contributed by atoms with Gasteiger partial charge in [-0.05, 0) is 61.9 Å². The van der Waals surface area contributed by atoms with Crippen LogP contribution in [0.1, 0.15) is 37.0 Å². The van der Waals surface area contributed by atoms with Crippen LogP contribution >= 0.6 is 12.2 Å². The molecule has 0 aliphatic heterocycles. The summed E-state index contributed by atoms with van der Waals surface area (Å²) in [6.45, 7) is 9.17. The molecule has 0 saturated carbocycles. The lowest BCUT2D eigenvalue weighted by Crippen LogP contribution is -2.14. The lowest BCUT2D eigenvalue weighted by Gasteiger charge is -2.16. The van der Waals surface area contributed by atoms with Gasteiger partial charge in [0.1, 0.15) is 5.75 Å². The summed E-state index contributed by atoms with van der Waals surface area (Å²) < 4.78 is 5.55. The number of thiocarbonyl (C=S) groups is 1. The van der Waals surface area contributed by atoms with Gasteiger partial charge in [-0.2, -0.15) is 0 Å². The van der Waals surface area contributed by atoms with E-state index in [1.807, 2.05) is 6.92 Å². The molecule has 0 aliphatic carbocycles. The summed E-state index contributed by atoms with van der Waals surface area (Å²) in [5.41, 5.74) is 9.56. The van der Waals surface area contributed by atoms with Crippen molar-refractivity contribution >= 4 is 17.2 Å². The van der Waals surface area contributed by atoms with Gasteiger partial charge in [-0.3, -0.25) is 0 Å². The Morgan fingerprint density at radius 3 is 2.33 bits per heavy atom. The average molecular weight is 265 g/mol. The third-order valence-corrected chi connectivity index (χ3v) is 3.25. The van der Waals surface area contributed by atoms with Crippen molar-refractivity contribution in [2.75, 3.05) is 6.61 Å². The van der Waals surface area contributed by atoms with Crippen LogP contribution in [0.15, 0.2) is 12.1 Å². The van der Waals surface area contributed by atoms with Crippen molar-refractivity contribution in [3.05, 3.63) is 28.8 Å². The highest BCUT2D eigenvalue weighted by molar-refractivity contribution is 7.80. The second-order valence-corrected chi connectivity index (χ2v) is 5.47. The smallest absolute Gasteiger partial charge is 0.119 e. The highest BCUT2D eigenvalue weighted by atomic mass is 32.1. The molecule has 0 bridgehead atoms. The largest absolute Gasteiger partial charge is 0.494 e. The van der Waals surface area contributed by atoms with Crippen LogP contribution in [0.2, 0.25) is 0 Å². The molecule has 0 radical (unpaired) electrons. The summed E-state index contributed by atoms with van der Waals surface area (Å²) >= 11 is 4.97. The SMILES string of the molecule is CCOc1cc(C)c(CC(C)CC(N)=S)c(C)c1. The average Bonchev–Trinajstić information content (AvgIpc) is 2.23. The monoisotopic (exact) mass is 265 g/mol. The molecule has 1 unspecified atom stereocenters.